The van der Waals surface area contributed by atoms with Crippen LogP contribution in [0.1, 0.15) is 20.3 Å². The molecule has 1 rings (SSSR count). The van der Waals surface area contributed by atoms with Crippen molar-refractivity contribution < 1.29 is 9.59 Å². The lowest BCUT2D eigenvalue weighted by Crippen LogP contribution is -2.43. The zero-order valence-corrected chi connectivity index (χ0v) is 8.20. The average molecular weight is 192 g/mol. The highest BCUT2D eigenvalue weighted by molar-refractivity contribution is 6.00. The second-order valence-corrected chi connectivity index (χ2v) is 3.24. The molecule has 0 spiro atoms. The maximum Gasteiger partial charge on any atom is 0.241 e. The van der Waals surface area contributed by atoms with Crippen molar-refractivity contribution in [3.63, 3.8) is 0 Å². The first-order chi connectivity index (χ1) is 6.60. The Balaban J connectivity index is 2.99. The number of carbonyl (C=O) groups is 2. The summed E-state index contributed by atoms with van der Waals surface area (Å²) in [6.45, 7) is 3.50. The molecule has 2 unspecified atom stereocenters. The summed E-state index contributed by atoms with van der Waals surface area (Å²) < 4.78 is 0. The standard InChI is InChI=1S/C10H12N2O2/c1-3-9(13)8-4-7(5-11)10(14)12-6(8)2/h4,6-7H,3H2,1-2H3,(H,12,14). The van der Waals surface area contributed by atoms with E-state index < -0.39 is 5.92 Å². The van der Waals surface area contributed by atoms with Crippen LogP contribution in [-0.4, -0.2) is 17.7 Å². The molecule has 0 fully saturated rings. The first kappa shape index (κ1) is 10.5. The Bertz CT molecular complexity index is 339. The SMILES string of the molecule is CCC(=O)C1=CC(C#N)C(=O)NC1C. The van der Waals surface area contributed by atoms with E-state index in [1.54, 1.807) is 13.8 Å². The fraction of sp³-hybridized carbons (Fsp3) is 0.500. The number of nitrogens with one attached hydrogen (secondary N) is 1. The van der Waals surface area contributed by atoms with Gasteiger partial charge < -0.3 is 5.32 Å². The maximum absolute atomic E-state index is 11.4. The molecule has 0 bridgehead atoms. The molecule has 0 saturated carbocycles. The Labute approximate surface area is 82.6 Å². The molecule has 0 aliphatic carbocycles. The molecule has 2 atom stereocenters. The van der Waals surface area contributed by atoms with Crippen LogP contribution in [0.25, 0.3) is 0 Å². The highest BCUT2D eigenvalue weighted by Gasteiger charge is 2.28. The van der Waals surface area contributed by atoms with E-state index in [0.717, 1.165) is 0 Å². The zero-order valence-electron chi connectivity index (χ0n) is 8.20. The van der Waals surface area contributed by atoms with E-state index >= 15 is 0 Å². The van der Waals surface area contributed by atoms with Crippen LogP contribution in [0.2, 0.25) is 0 Å². The zero-order chi connectivity index (χ0) is 10.7. The van der Waals surface area contributed by atoms with Gasteiger partial charge in [0.2, 0.25) is 5.91 Å². The minimum Gasteiger partial charge on any atom is -0.348 e. The van der Waals surface area contributed by atoms with Gasteiger partial charge in [0.25, 0.3) is 0 Å². The van der Waals surface area contributed by atoms with E-state index in [1.807, 2.05) is 6.07 Å². The van der Waals surface area contributed by atoms with Gasteiger partial charge >= 0.3 is 0 Å². The lowest BCUT2D eigenvalue weighted by molar-refractivity contribution is -0.123. The summed E-state index contributed by atoms with van der Waals surface area (Å²) in [4.78, 5) is 22.6. The fourth-order valence-electron chi connectivity index (χ4n) is 1.41. The molecule has 1 N–H and O–H groups in total. The van der Waals surface area contributed by atoms with Gasteiger partial charge in [-0.3, -0.25) is 9.59 Å². The number of nitrogens with zero attached hydrogens (tertiary/aromatic N) is 1. The first-order valence-electron chi connectivity index (χ1n) is 4.55. The van der Waals surface area contributed by atoms with Gasteiger partial charge in [-0.1, -0.05) is 6.92 Å². The number of hydrogen-bond donors (Lipinski definition) is 1. The number of carbonyl (C=O) groups excluding carboxylic acids is 2. The van der Waals surface area contributed by atoms with Gasteiger partial charge in [0, 0.05) is 12.0 Å². The topological polar surface area (TPSA) is 70.0 Å². The van der Waals surface area contributed by atoms with Crippen LogP contribution in [0.15, 0.2) is 11.6 Å². The minimum absolute atomic E-state index is 0.0160. The summed E-state index contributed by atoms with van der Waals surface area (Å²) in [6.07, 6.45) is 1.86. The Morgan fingerprint density at radius 2 is 2.36 bits per heavy atom. The first-order valence-corrected chi connectivity index (χ1v) is 4.55. The Morgan fingerprint density at radius 3 is 2.86 bits per heavy atom. The average Bonchev–Trinajstić information content (AvgIpc) is 2.17. The molecule has 1 aliphatic heterocycles. The van der Waals surface area contributed by atoms with Crippen molar-refractivity contribution in [2.24, 2.45) is 5.92 Å². The normalized spacial score (nSPS) is 26.1. The smallest absolute Gasteiger partial charge is 0.241 e. The molecule has 0 aromatic heterocycles. The molecular weight excluding hydrogens is 180 g/mol. The molecule has 14 heavy (non-hydrogen) atoms. The summed E-state index contributed by atoms with van der Waals surface area (Å²) in [6, 6.07) is 1.56. The van der Waals surface area contributed by atoms with Crippen LogP contribution in [0.4, 0.5) is 0 Å². The lowest BCUT2D eigenvalue weighted by Gasteiger charge is -2.23. The molecular formula is C10H12N2O2. The number of Topliss-reactive ketones (excluding diaryl/α,β-unsaturated/α-hetero) is 1. The largest absolute Gasteiger partial charge is 0.348 e. The number of rotatable bonds is 2. The van der Waals surface area contributed by atoms with Gasteiger partial charge in [0.05, 0.1) is 12.1 Å². The van der Waals surface area contributed by atoms with E-state index in [4.69, 9.17) is 5.26 Å². The molecule has 1 heterocycles. The molecule has 1 amide bonds. The van der Waals surface area contributed by atoms with Crippen molar-refractivity contribution in [2.45, 2.75) is 26.3 Å². The second kappa shape index (κ2) is 4.05. The van der Waals surface area contributed by atoms with Crippen molar-refractivity contribution in [1.82, 2.24) is 5.32 Å². The van der Waals surface area contributed by atoms with Crippen LogP contribution in [-0.2, 0) is 9.59 Å². The Hall–Kier alpha value is -1.63. The van der Waals surface area contributed by atoms with Gasteiger partial charge in [-0.25, -0.2) is 0 Å². The predicted octanol–water partition coefficient (Wildman–Crippen LogP) is 0.550. The van der Waals surface area contributed by atoms with Crippen LogP contribution >= 0.6 is 0 Å². The Kier molecular flexibility index (Phi) is 3.03. The van der Waals surface area contributed by atoms with E-state index in [2.05, 4.69) is 5.32 Å². The van der Waals surface area contributed by atoms with Crippen LogP contribution in [0.5, 0.6) is 0 Å². The third kappa shape index (κ3) is 1.82. The summed E-state index contributed by atoms with van der Waals surface area (Å²) in [5.74, 6) is -1.16. The van der Waals surface area contributed by atoms with Gasteiger partial charge in [0.1, 0.15) is 5.92 Å². The Morgan fingerprint density at radius 1 is 1.71 bits per heavy atom. The molecule has 74 valence electrons. The summed E-state index contributed by atoms with van der Waals surface area (Å²) in [5.41, 5.74) is 0.540. The summed E-state index contributed by atoms with van der Waals surface area (Å²) in [5, 5.41) is 11.2. The molecule has 0 radical (unpaired) electrons. The molecule has 0 aromatic rings. The van der Waals surface area contributed by atoms with Crippen molar-refractivity contribution in [1.29, 1.82) is 5.26 Å². The highest BCUT2D eigenvalue weighted by Crippen LogP contribution is 2.16. The van der Waals surface area contributed by atoms with Gasteiger partial charge in [0.15, 0.2) is 5.78 Å². The fourth-order valence-corrected chi connectivity index (χ4v) is 1.41. The number of nitriles is 1. The van der Waals surface area contributed by atoms with Gasteiger partial charge in [-0.2, -0.15) is 5.26 Å². The molecule has 4 heteroatoms. The second-order valence-electron chi connectivity index (χ2n) is 3.24. The van der Waals surface area contributed by atoms with Crippen LogP contribution in [0.3, 0.4) is 0 Å². The van der Waals surface area contributed by atoms with E-state index in [-0.39, 0.29) is 17.7 Å². The third-order valence-electron chi connectivity index (χ3n) is 2.24. The van der Waals surface area contributed by atoms with E-state index in [0.29, 0.717) is 12.0 Å². The third-order valence-corrected chi connectivity index (χ3v) is 2.24. The monoisotopic (exact) mass is 192 g/mol. The van der Waals surface area contributed by atoms with E-state index in [1.165, 1.54) is 6.08 Å². The lowest BCUT2D eigenvalue weighted by atomic mass is 9.92. The van der Waals surface area contributed by atoms with Crippen molar-refractivity contribution in [3.05, 3.63) is 11.6 Å². The number of amides is 1. The quantitative estimate of drug-likeness (QED) is 0.694. The summed E-state index contributed by atoms with van der Waals surface area (Å²) >= 11 is 0. The molecule has 4 nitrogen and oxygen atoms in total. The minimum atomic E-state index is -0.823. The van der Waals surface area contributed by atoms with Gasteiger partial charge in [-0.15, -0.1) is 0 Å². The predicted molar refractivity (Wildman–Crippen MR) is 50.1 cm³/mol. The van der Waals surface area contributed by atoms with Crippen molar-refractivity contribution in [3.8, 4) is 6.07 Å². The number of ketones is 1. The van der Waals surface area contributed by atoms with Gasteiger partial charge in [-0.05, 0) is 13.0 Å². The van der Waals surface area contributed by atoms with Crippen molar-refractivity contribution in [2.75, 3.05) is 0 Å². The van der Waals surface area contributed by atoms with Crippen LogP contribution in [0, 0.1) is 17.2 Å². The van der Waals surface area contributed by atoms with Crippen LogP contribution < -0.4 is 5.32 Å². The highest BCUT2D eigenvalue weighted by atomic mass is 16.2. The maximum atomic E-state index is 11.4. The molecule has 0 saturated heterocycles. The molecule has 0 aromatic carbocycles. The molecule has 1 aliphatic rings. The summed E-state index contributed by atoms with van der Waals surface area (Å²) in [7, 11) is 0. The number of hydrogen-bond acceptors (Lipinski definition) is 3. The van der Waals surface area contributed by atoms with E-state index in [9.17, 15) is 9.59 Å². The van der Waals surface area contributed by atoms with Crippen molar-refractivity contribution >= 4 is 11.7 Å².